The molecule has 0 unspecified atom stereocenters. The number of aromatic amines is 1. The number of thiazole rings is 1. The number of nitrogens with zero attached hydrogens (tertiary/aromatic N) is 1. The lowest BCUT2D eigenvalue weighted by molar-refractivity contribution is 1.38. The van der Waals surface area contributed by atoms with Crippen LogP contribution in [0.4, 0.5) is 10.8 Å². The highest BCUT2D eigenvalue weighted by atomic mass is 79.9. The maximum absolute atomic E-state index is 4.66. The third kappa shape index (κ3) is 2.65. The molecule has 4 aromatic rings. The van der Waals surface area contributed by atoms with Crippen LogP contribution in [0.2, 0.25) is 0 Å². The fourth-order valence-corrected chi connectivity index (χ4v) is 3.34. The van der Waals surface area contributed by atoms with Gasteiger partial charge < -0.3 is 10.3 Å². The Balaban J connectivity index is 1.59. The van der Waals surface area contributed by atoms with Crippen LogP contribution >= 0.6 is 27.3 Å². The van der Waals surface area contributed by atoms with E-state index in [1.54, 1.807) is 11.3 Å². The zero-order valence-corrected chi connectivity index (χ0v) is 13.9. The molecule has 2 aromatic carbocycles. The number of benzene rings is 2. The zero-order valence-electron chi connectivity index (χ0n) is 11.5. The number of H-pyrrole nitrogens is 1. The summed E-state index contributed by atoms with van der Waals surface area (Å²) in [6, 6.07) is 16.5. The fourth-order valence-electron chi connectivity index (χ4n) is 2.33. The SMILES string of the molecule is Brc1ccc(-c2csc(Nc3ccc4cc[nH]c4c3)n2)cc1. The van der Waals surface area contributed by atoms with Crippen molar-refractivity contribution in [2.45, 2.75) is 0 Å². The van der Waals surface area contributed by atoms with Gasteiger partial charge in [0.05, 0.1) is 5.69 Å². The normalized spacial score (nSPS) is 11.0. The first kappa shape index (κ1) is 13.5. The van der Waals surface area contributed by atoms with E-state index < -0.39 is 0 Å². The minimum atomic E-state index is 0.892. The smallest absolute Gasteiger partial charge is 0.187 e. The van der Waals surface area contributed by atoms with E-state index in [1.165, 1.54) is 5.39 Å². The molecule has 0 spiro atoms. The Hall–Kier alpha value is -2.11. The quantitative estimate of drug-likeness (QED) is 0.479. The first-order chi connectivity index (χ1) is 10.8. The number of anilines is 2. The molecule has 0 amide bonds. The number of hydrogen-bond donors (Lipinski definition) is 2. The van der Waals surface area contributed by atoms with Gasteiger partial charge in [0.25, 0.3) is 0 Å². The van der Waals surface area contributed by atoms with E-state index in [-0.39, 0.29) is 0 Å². The molecule has 0 atom stereocenters. The van der Waals surface area contributed by atoms with E-state index in [0.717, 1.165) is 32.1 Å². The van der Waals surface area contributed by atoms with E-state index >= 15 is 0 Å². The number of nitrogens with one attached hydrogen (secondary N) is 2. The van der Waals surface area contributed by atoms with E-state index in [4.69, 9.17) is 0 Å². The summed E-state index contributed by atoms with van der Waals surface area (Å²) in [6.07, 6.45) is 1.95. The summed E-state index contributed by atoms with van der Waals surface area (Å²) in [7, 11) is 0. The molecule has 0 aliphatic rings. The molecule has 2 N–H and O–H groups in total. The van der Waals surface area contributed by atoms with Crippen LogP contribution in [-0.2, 0) is 0 Å². The predicted octanol–water partition coefficient (Wildman–Crippen LogP) is 5.80. The fraction of sp³-hybridized carbons (Fsp3) is 0. The van der Waals surface area contributed by atoms with Gasteiger partial charge in [-0.1, -0.05) is 34.1 Å². The molecular formula is C17H12BrN3S. The van der Waals surface area contributed by atoms with Gasteiger partial charge >= 0.3 is 0 Å². The maximum atomic E-state index is 4.66. The van der Waals surface area contributed by atoms with E-state index in [9.17, 15) is 0 Å². The molecule has 0 aliphatic heterocycles. The van der Waals surface area contributed by atoms with Crippen molar-refractivity contribution in [3.05, 3.63) is 64.6 Å². The van der Waals surface area contributed by atoms with Gasteiger partial charge in [-0.25, -0.2) is 4.98 Å². The summed E-state index contributed by atoms with van der Waals surface area (Å²) in [4.78, 5) is 7.88. The van der Waals surface area contributed by atoms with Crippen LogP contribution in [0.1, 0.15) is 0 Å². The minimum Gasteiger partial charge on any atom is -0.361 e. The summed E-state index contributed by atoms with van der Waals surface area (Å²) in [5, 5.41) is 7.53. The number of aromatic nitrogens is 2. The molecular weight excluding hydrogens is 358 g/mol. The third-order valence-corrected chi connectivity index (χ3v) is 4.74. The lowest BCUT2D eigenvalue weighted by Crippen LogP contribution is -1.89. The van der Waals surface area contributed by atoms with Crippen LogP contribution in [0, 0.1) is 0 Å². The van der Waals surface area contributed by atoms with E-state index in [2.05, 4.69) is 73.0 Å². The lowest BCUT2D eigenvalue weighted by atomic mass is 10.2. The molecule has 0 fully saturated rings. The average molecular weight is 370 g/mol. The molecule has 0 bridgehead atoms. The summed E-state index contributed by atoms with van der Waals surface area (Å²) in [6.45, 7) is 0. The van der Waals surface area contributed by atoms with Gasteiger partial charge in [-0.05, 0) is 35.7 Å². The molecule has 108 valence electrons. The van der Waals surface area contributed by atoms with Crippen molar-refractivity contribution in [3.63, 3.8) is 0 Å². The van der Waals surface area contributed by atoms with Crippen LogP contribution in [-0.4, -0.2) is 9.97 Å². The second-order valence-corrected chi connectivity index (χ2v) is 6.72. The highest BCUT2D eigenvalue weighted by molar-refractivity contribution is 9.10. The number of rotatable bonds is 3. The molecule has 2 heterocycles. The molecule has 0 radical (unpaired) electrons. The van der Waals surface area contributed by atoms with Crippen molar-refractivity contribution in [1.82, 2.24) is 9.97 Å². The van der Waals surface area contributed by atoms with Crippen molar-refractivity contribution in [3.8, 4) is 11.3 Å². The molecule has 5 heteroatoms. The molecule has 2 aromatic heterocycles. The van der Waals surface area contributed by atoms with Crippen LogP contribution in [0.15, 0.2) is 64.6 Å². The summed E-state index contributed by atoms with van der Waals surface area (Å²) >= 11 is 5.06. The standard InChI is InChI=1S/C17H12BrN3S/c18-13-4-1-11(2-5-13)16-10-22-17(21-16)20-14-6-3-12-7-8-19-15(12)9-14/h1-10,19H,(H,20,21). The maximum Gasteiger partial charge on any atom is 0.187 e. The van der Waals surface area contributed by atoms with Crippen molar-refractivity contribution in [1.29, 1.82) is 0 Å². The Labute approximate surface area is 140 Å². The first-order valence-electron chi connectivity index (χ1n) is 6.83. The second-order valence-electron chi connectivity index (χ2n) is 4.95. The Morgan fingerprint density at radius 1 is 1.05 bits per heavy atom. The summed E-state index contributed by atoms with van der Waals surface area (Å²) in [5.74, 6) is 0. The Bertz CT molecular complexity index is 924. The van der Waals surface area contributed by atoms with Crippen molar-refractivity contribution < 1.29 is 0 Å². The average Bonchev–Trinajstić information content (AvgIpc) is 3.17. The highest BCUT2D eigenvalue weighted by Crippen LogP contribution is 2.28. The van der Waals surface area contributed by atoms with Crippen LogP contribution in [0.3, 0.4) is 0 Å². The van der Waals surface area contributed by atoms with Crippen LogP contribution in [0.5, 0.6) is 0 Å². The van der Waals surface area contributed by atoms with Gasteiger partial charge in [0.15, 0.2) is 5.13 Å². The van der Waals surface area contributed by atoms with Crippen molar-refractivity contribution >= 4 is 49.0 Å². The summed E-state index contributed by atoms with van der Waals surface area (Å²) < 4.78 is 1.07. The Kier molecular flexibility index (Phi) is 3.44. The van der Waals surface area contributed by atoms with Crippen LogP contribution < -0.4 is 5.32 Å². The van der Waals surface area contributed by atoms with Crippen LogP contribution in [0.25, 0.3) is 22.2 Å². The number of fused-ring (bicyclic) bond motifs is 1. The Morgan fingerprint density at radius 2 is 1.91 bits per heavy atom. The number of hydrogen-bond acceptors (Lipinski definition) is 3. The predicted molar refractivity (Wildman–Crippen MR) is 96.8 cm³/mol. The van der Waals surface area contributed by atoms with E-state index in [0.29, 0.717) is 0 Å². The monoisotopic (exact) mass is 369 g/mol. The molecule has 4 rings (SSSR count). The van der Waals surface area contributed by atoms with Gasteiger partial charge in [0.2, 0.25) is 0 Å². The van der Waals surface area contributed by atoms with Crippen molar-refractivity contribution in [2.75, 3.05) is 5.32 Å². The topological polar surface area (TPSA) is 40.7 Å². The van der Waals surface area contributed by atoms with Gasteiger partial charge in [-0.3, -0.25) is 0 Å². The van der Waals surface area contributed by atoms with Crippen molar-refractivity contribution in [2.24, 2.45) is 0 Å². The molecule has 3 nitrogen and oxygen atoms in total. The largest absolute Gasteiger partial charge is 0.361 e. The molecule has 0 aliphatic carbocycles. The second kappa shape index (κ2) is 5.59. The number of halogens is 1. The molecule has 0 saturated carbocycles. The lowest BCUT2D eigenvalue weighted by Gasteiger charge is -2.02. The van der Waals surface area contributed by atoms with Gasteiger partial charge in [-0.15, -0.1) is 11.3 Å². The zero-order chi connectivity index (χ0) is 14.9. The van der Waals surface area contributed by atoms with E-state index in [1.807, 2.05) is 18.3 Å². The molecule has 0 saturated heterocycles. The van der Waals surface area contributed by atoms with Gasteiger partial charge in [0, 0.05) is 32.8 Å². The third-order valence-electron chi connectivity index (χ3n) is 3.45. The molecule has 22 heavy (non-hydrogen) atoms. The summed E-state index contributed by atoms with van der Waals surface area (Å²) in [5.41, 5.74) is 4.26. The first-order valence-corrected chi connectivity index (χ1v) is 8.51. The highest BCUT2D eigenvalue weighted by Gasteiger charge is 2.05. The van der Waals surface area contributed by atoms with Gasteiger partial charge in [0.1, 0.15) is 0 Å². The van der Waals surface area contributed by atoms with Gasteiger partial charge in [-0.2, -0.15) is 0 Å². The Morgan fingerprint density at radius 3 is 2.77 bits per heavy atom. The minimum absolute atomic E-state index is 0.892.